The summed E-state index contributed by atoms with van der Waals surface area (Å²) in [5.74, 6) is 0. The van der Waals surface area contributed by atoms with Crippen molar-refractivity contribution in [3.8, 4) is 0 Å². The van der Waals surface area contributed by atoms with Crippen LogP contribution < -0.4 is 0 Å². The Bertz CT molecular complexity index is 386. The molecule has 66 valence electrons. The van der Waals surface area contributed by atoms with Crippen molar-refractivity contribution < 1.29 is 0 Å². The van der Waals surface area contributed by atoms with Crippen molar-refractivity contribution in [3.05, 3.63) is 46.9 Å². The molecule has 0 fully saturated rings. The van der Waals surface area contributed by atoms with Crippen LogP contribution in [0.4, 0.5) is 0 Å². The Morgan fingerprint density at radius 3 is 2.69 bits per heavy atom. The molecule has 0 spiro atoms. The Morgan fingerprint density at radius 2 is 1.85 bits per heavy atom. The van der Waals surface area contributed by atoms with Crippen molar-refractivity contribution in [1.82, 2.24) is 0 Å². The summed E-state index contributed by atoms with van der Waals surface area (Å²) in [5.41, 5.74) is 4.12. The molecule has 1 heterocycles. The van der Waals surface area contributed by atoms with Gasteiger partial charge in [-0.2, -0.15) is 0 Å². The summed E-state index contributed by atoms with van der Waals surface area (Å²) in [6, 6.07) is 8.55. The van der Waals surface area contributed by atoms with Gasteiger partial charge >= 0.3 is 0 Å². The molecule has 1 aliphatic heterocycles. The topological polar surface area (TPSA) is 0 Å². The number of hydrogen-bond donors (Lipinski definition) is 0. The molecular formula is C12H12S. The molecule has 0 nitrogen and oxygen atoms in total. The minimum absolute atomic E-state index is 1.35. The lowest BCUT2D eigenvalue weighted by Crippen LogP contribution is -1.83. The van der Waals surface area contributed by atoms with Gasteiger partial charge in [0.1, 0.15) is 0 Å². The van der Waals surface area contributed by atoms with Crippen molar-refractivity contribution in [1.29, 1.82) is 0 Å². The van der Waals surface area contributed by atoms with E-state index < -0.39 is 0 Å². The first-order valence-electron chi connectivity index (χ1n) is 4.39. The molecule has 0 radical (unpaired) electrons. The van der Waals surface area contributed by atoms with Gasteiger partial charge in [-0.15, -0.1) is 0 Å². The third-order valence-electron chi connectivity index (χ3n) is 2.40. The molecule has 0 unspecified atom stereocenters. The highest BCUT2D eigenvalue weighted by Crippen LogP contribution is 2.33. The zero-order valence-electron chi connectivity index (χ0n) is 7.87. The zero-order chi connectivity index (χ0) is 9.26. The van der Waals surface area contributed by atoms with Crippen LogP contribution in [-0.2, 0) is 0 Å². The molecule has 0 saturated carbocycles. The lowest BCUT2D eigenvalue weighted by atomic mass is 10.0. The number of allylic oxidation sites excluding steroid dienone is 3. The van der Waals surface area contributed by atoms with Crippen LogP contribution in [0.5, 0.6) is 0 Å². The van der Waals surface area contributed by atoms with E-state index in [0.717, 1.165) is 0 Å². The number of rotatable bonds is 0. The predicted octanol–water partition coefficient (Wildman–Crippen LogP) is 4.10. The van der Waals surface area contributed by atoms with Gasteiger partial charge in [0.2, 0.25) is 0 Å². The summed E-state index contributed by atoms with van der Waals surface area (Å²) in [4.78, 5) is 1.35. The molecule has 1 aliphatic rings. The van der Waals surface area contributed by atoms with Gasteiger partial charge in [-0.1, -0.05) is 36.0 Å². The van der Waals surface area contributed by atoms with Gasteiger partial charge in [0, 0.05) is 4.90 Å². The van der Waals surface area contributed by atoms with Crippen LogP contribution in [0.15, 0.2) is 46.2 Å². The largest absolute Gasteiger partial charge is 0.0974 e. The zero-order valence-corrected chi connectivity index (χ0v) is 8.69. The third-order valence-corrected chi connectivity index (χ3v) is 3.28. The number of hydrogen-bond acceptors (Lipinski definition) is 1. The van der Waals surface area contributed by atoms with Crippen molar-refractivity contribution in [2.75, 3.05) is 0 Å². The molecule has 0 aromatic heterocycles. The summed E-state index contributed by atoms with van der Waals surface area (Å²) >= 11 is 1.79. The fourth-order valence-electron chi connectivity index (χ4n) is 1.43. The Hall–Kier alpha value is -0.950. The first-order chi connectivity index (χ1) is 6.29. The Balaban J connectivity index is 2.63. The molecule has 0 amide bonds. The average molecular weight is 188 g/mol. The summed E-state index contributed by atoms with van der Waals surface area (Å²) in [5, 5.41) is 2.16. The molecule has 0 bridgehead atoms. The first-order valence-corrected chi connectivity index (χ1v) is 5.27. The number of benzene rings is 1. The SMILES string of the molecule is CC1=C(C)c2ccccc2SC=C1. The van der Waals surface area contributed by atoms with Crippen molar-refractivity contribution in [2.45, 2.75) is 18.7 Å². The van der Waals surface area contributed by atoms with E-state index in [4.69, 9.17) is 0 Å². The van der Waals surface area contributed by atoms with E-state index in [1.807, 2.05) is 0 Å². The van der Waals surface area contributed by atoms with Crippen LogP contribution in [0.1, 0.15) is 19.4 Å². The Labute approximate surface area is 83.4 Å². The van der Waals surface area contributed by atoms with E-state index in [9.17, 15) is 0 Å². The minimum atomic E-state index is 1.35. The second kappa shape index (κ2) is 3.43. The van der Waals surface area contributed by atoms with Gasteiger partial charge in [-0.3, -0.25) is 0 Å². The van der Waals surface area contributed by atoms with Gasteiger partial charge in [0.15, 0.2) is 0 Å². The lowest BCUT2D eigenvalue weighted by molar-refractivity contribution is 1.36. The quantitative estimate of drug-likeness (QED) is 0.590. The predicted molar refractivity (Wildman–Crippen MR) is 59.7 cm³/mol. The van der Waals surface area contributed by atoms with Crippen LogP contribution in [0.2, 0.25) is 0 Å². The van der Waals surface area contributed by atoms with E-state index in [1.165, 1.54) is 21.6 Å². The maximum absolute atomic E-state index is 2.19. The molecule has 1 aromatic carbocycles. The minimum Gasteiger partial charge on any atom is -0.0974 e. The van der Waals surface area contributed by atoms with E-state index in [0.29, 0.717) is 0 Å². The van der Waals surface area contributed by atoms with E-state index >= 15 is 0 Å². The first kappa shape index (κ1) is 8.64. The highest BCUT2D eigenvalue weighted by molar-refractivity contribution is 8.02. The van der Waals surface area contributed by atoms with Gasteiger partial charge in [-0.25, -0.2) is 0 Å². The molecule has 0 aliphatic carbocycles. The standard InChI is InChI=1S/C12H12S/c1-9-7-8-13-12-6-4-3-5-11(12)10(9)2/h3-8H,1-2H3. The fraction of sp³-hybridized carbons (Fsp3) is 0.167. The molecule has 0 saturated heterocycles. The molecule has 1 aromatic rings. The molecule has 0 atom stereocenters. The summed E-state index contributed by atoms with van der Waals surface area (Å²) < 4.78 is 0. The van der Waals surface area contributed by atoms with E-state index in [1.54, 1.807) is 11.8 Å². The van der Waals surface area contributed by atoms with Crippen LogP contribution >= 0.6 is 11.8 Å². The monoisotopic (exact) mass is 188 g/mol. The molecular weight excluding hydrogens is 176 g/mol. The normalized spacial score (nSPS) is 15.5. The fourth-order valence-corrected chi connectivity index (χ4v) is 2.35. The average Bonchev–Trinajstić information content (AvgIpc) is 2.29. The number of thioether (sulfide) groups is 1. The van der Waals surface area contributed by atoms with Crippen molar-refractivity contribution in [3.63, 3.8) is 0 Å². The van der Waals surface area contributed by atoms with E-state index in [-0.39, 0.29) is 0 Å². The lowest BCUT2D eigenvalue weighted by Gasteiger charge is -2.06. The summed E-state index contributed by atoms with van der Waals surface area (Å²) in [7, 11) is 0. The molecule has 13 heavy (non-hydrogen) atoms. The van der Waals surface area contributed by atoms with Crippen molar-refractivity contribution in [2.24, 2.45) is 0 Å². The van der Waals surface area contributed by atoms with Gasteiger partial charge in [0.25, 0.3) is 0 Å². The smallest absolute Gasteiger partial charge is 0.0191 e. The maximum Gasteiger partial charge on any atom is 0.0191 e. The van der Waals surface area contributed by atoms with Crippen LogP contribution in [0.25, 0.3) is 5.57 Å². The van der Waals surface area contributed by atoms with Crippen LogP contribution in [0.3, 0.4) is 0 Å². The van der Waals surface area contributed by atoms with Gasteiger partial charge < -0.3 is 0 Å². The molecule has 0 N–H and O–H groups in total. The van der Waals surface area contributed by atoms with Gasteiger partial charge in [-0.05, 0) is 42.0 Å². The Morgan fingerprint density at radius 1 is 1.08 bits per heavy atom. The summed E-state index contributed by atoms with van der Waals surface area (Å²) in [6.45, 7) is 4.35. The van der Waals surface area contributed by atoms with Crippen LogP contribution in [-0.4, -0.2) is 0 Å². The van der Waals surface area contributed by atoms with E-state index in [2.05, 4.69) is 49.6 Å². The van der Waals surface area contributed by atoms with Gasteiger partial charge in [0.05, 0.1) is 0 Å². The molecule has 1 heteroatoms. The Kier molecular flexibility index (Phi) is 2.28. The highest BCUT2D eigenvalue weighted by Gasteiger charge is 2.07. The van der Waals surface area contributed by atoms with Crippen molar-refractivity contribution >= 4 is 17.3 Å². The highest BCUT2D eigenvalue weighted by atomic mass is 32.2. The second-order valence-electron chi connectivity index (χ2n) is 3.22. The molecule has 2 rings (SSSR count). The second-order valence-corrected chi connectivity index (χ2v) is 4.17. The number of fused-ring (bicyclic) bond motifs is 1. The third kappa shape index (κ3) is 1.56. The maximum atomic E-state index is 2.19. The van der Waals surface area contributed by atoms with Crippen LogP contribution in [0, 0.1) is 0 Å². The summed E-state index contributed by atoms with van der Waals surface area (Å²) in [6.07, 6.45) is 2.18.